The maximum atomic E-state index is 12.8. The minimum absolute atomic E-state index is 0.237. The van der Waals surface area contributed by atoms with E-state index in [1.165, 1.54) is 23.9 Å². The fraction of sp³-hybridized carbons (Fsp3) is 0.0769. The van der Waals surface area contributed by atoms with E-state index in [1.54, 1.807) is 25.3 Å². The molecule has 0 heterocycles. The maximum Gasteiger partial charge on any atom is 0.123 e. The molecule has 0 saturated carbocycles. The average Bonchev–Trinajstić information content (AvgIpc) is 2.31. The zero-order valence-electron chi connectivity index (χ0n) is 9.31. The van der Waals surface area contributed by atoms with Gasteiger partial charge in [-0.3, -0.25) is 0 Å². The minimum atomic E-state index is -0.237. The predicted octanol–water partition coefficient (Wildman–Crippen LogP) is 3.57. The second kappa shape index (κ2) is 5.10. The lowest BCUT2D eigenvalue weighted by Crippen LogP contribution is -1.89. The number of anilines is 1. The van der Waals surface area contributed by atoms with E-state index in [0.717, 1.165) is 15.5 Å². The van der Waals surface area contributed by atoms with Gasteiger partial charge < -0.3 is 10.5 Å². The number of hydrogen-bond acceptors (Lipinski definition) is 3. The Kier molecular flexibility index (Phi) is 3.54. The molecular formula is C13H12FNOS. The van der Waals surface area contributed by atoms with Gasteiger partial charge in [-0.15, -0.1) is 0 Å². The van der Waals surface area contributed by atoms with Crippen molar-refractivity contribution in [1.82, 2.24) is 0 Å². The molecule has 0 amide bonds. The van der Waals surface area contributed by atoms with E-state index in [0.29, 0.717) is 5.69 Å². The Morgan fingerprint density at radius 3 is 2.41 bits per heavy atom. The van der Waals surface area contributed by atoms with Gasteiger partial charge in [0.1, 0.15) is 11.6 Å². The normalized spacial score (nSPS) is 10.2. The van der Waals surface area contributed by atoms with Crippen LogP contribution < -0.4 is 10.5 Å². The summed E-state index contributed by atoms with van der Waals surface area (Å²) in [6, 6.07) is 11.8. The number of rotatable bonds is 3. The Hall–Kier alpha value is -1.68. The number of nitrogens with two attached hydrogens (primary N) is 1. The molecule has 0 aliphatic heterocycles. The van der Waals surface area contributed by atoms with Crippen molar-refractivity contribution in [2.24, 2.45) is 0 Å². The standard InChI is InChI=1S/C13H12FNOS/c1-16-11-6-10(15)7-13(8-11)17-12-4-2-9(14)3-5-12/h2-8H,15H2,1H3. The van der Waals surface area contributed by atoms with Gasteiger partial charge in [0, 0.05) is 21.5 Å². The van der Waals surface area contributed by atoms with E-state index in [4.69, 9.17) is 10.5 Å². The zero-order valence-corrected chi connectivity index (χ0v) is 10.1. The maximum absolute atomic E-state index is 12.8. The number of methoxy groups -OCH3 is 1. The van der Waals surface area contributed by atoms with E-state index in [9.17, 15) is 4.39 Å². The predicted molar refractivity (Wildman–Crippen MR) is 67.9 cm³/mol. The molecule has 88 valence electrons. The third-order valence-electron chi connectivity index (χ3n) is 2.19. The number of halogens is 1. The molecule has 0 atom stereocenters. The van der Waals surface area contributed by atoms with E-state index in [2.05, 4.69) is 0 Å². The van der Waals surface area contributed by atoms with Gasteiger partial charge in [-0.2, -0.15) is 0 Å². The molecule has 2 aromatic rings. The molecule has 0 unspecified atom stereocenters. The van der Waals surface area contributed by atoms with Crippen LogP contribution in [0.2, 0.25) is 0 Å². The van der Waals surface area contributed by atoms with Gasteiger partial charge in [0.2, 0.25) is 0 Å². The third kappa shape index (κ3) is 3.14. The van der Waals surface area contributed by atoms with Crippen LogP contribution in [-0.2, 0) is 0 Å². The first-order valence-electron chi connectivity index (χ1n) is 5.05. The molecule has 2 aromatic carbocycles. The summed E-state index contributed by atoms with van der Waals surface area (Å²) < 4.78 is 17.9. The van der Waals surface area contributed by atoms with Gasteiger partial charge in [-0.1, -0.05) is 11.8 Å². The molecule has 0 aliphatic carbocycles. The van der Waals surface area contributed by atoms with Crippen molar-refractivity contribution < 1.29 is 9.13 Å². The Bertz CT molecular complexity index is 513. The Morgan fingerprint density at radius 2 is 1.76 bits per heavy atom. The van der Waals surface area contributed by atoms with E-state index in [1.807, 2.05) is 12.1 Å². The first kappa shape index (κ1) is 11.8. The summed E-state index contributed by atoms with van der Waals surface area (Å²) in [6.45, 7) is 0. The molecule has 2 rings (SSSR count). The van der Waals surface area contributed by atoms with Gasteiger partial charge >= 0.3 is 0 Å². The lowest BCUT2D eigenvalue weighted by molar-refractivity contribution is 0.414. The van der Waals surface area contributed by atoms with Gasteiger partial charge in [-0.25, -0.2) is 4.39 Å². The topological polar surface area (TPSA) is 35.2 Å². The fourth-order valence-corrected chi connectivity index (χ4v) is 2.32. The number of nitrogen functional groups attached to an aromatic ring is 1. The largest absolute Gasteiger partial charge is 0.497 e. The van der Waals surface area contributed by atoms with Gasteiger partial charge in [0.05, 0.1) is 7.11 Å². The highest BCUT2D eigenvalue weighted by atomic mass is 32.2. The van der Waals surface area contributed by atoms with Crippen molar-refractivity contribution in [3.05, 3.63) is 48.3 Å². The van der Waals surface area contributed by atoms with E-state index in [-0.39, 0.29) is 5.82 Å². The second-order valence-corrected chi connectivity index (χ2v) is 4.64. The Morgan fingerprint density at radius 1 is 1.06 bits per heavy atom. The molecule has 4 heteroatoms. The first-order valence-corrected chi connectivity index (χ1v) is 5.87. The van der Waals surface area contributed by atoms with Crippen LogP contribution in [0, 0.1) is 5.82 Å². The summed E-state index contributed by atoms with van der Waals surface area (Å²) in [5.41, 5.74) is 6.41. The Balaban J connectivity index is 2.23. The van der Waals surface area contributed by atoms with Crippen LogP contribution in [0.5, 0.6) is 5.75 Å². The minimum Gasteiger partial charge on any atom is -0.497 e. The highest BCUT2D eigenvalue weighted by molar-refractivity contribution is 7.99. The molecule has 0 fully saturated rings. The summed E-state index contributed by atoms with van der Waals surface area (Å²) in [5.74, 6) is 0.481. The lowest BCUT2D eigenvalue weighted by atomic mass is 10.3. The monoisotopic (exact) mass is 249 g/mol. The lowest BCUT2D eigenvalue weighted by Gasteiger charge is -2.06. The molecule has 2 N–H and O–H groups in total. The van der Waals surface area contributed by atoms with E-state index < -0.39 is 0 Å². The second-order valence-electron chi connectivity index (χ2n) is 3.50. The molecule has 0 aromatic heterocycles. The van der Waals surface area contributed by atoms with Crippen LogP contribution in [0.25, 0.3) is 0 Å². The van der Waals surface area contributed by atoms with Crippen LogP contribution in [0.1, 0.15) is 0 Å². The Labute approximate surface area is 104 Å². The third-order valence-corrected chi connectivity index (χ3v) is 3.17. The number of benzene rings is 2. The van der Waals surface area contributed by atoms with E-state index >= 15 is 0 Å². The summed E-state index contributed by atoms with van der Waals surface area (Å²) in [7, 11) is 1.60. The molecule has 2 nitrogen and oxygen atoms in total. The highest BCUT2D eigenvalue weighted by Crippen LogP contribution is 2.32. The molecule has 17 heavy (non-hydrogen) atoms. The molecule has 0 radical (unpaired) electrons. The van der Waals surface area contributed by atoms with Crippen LogP contribution >= 0.6 is 11.8 Å². The van der Waals surface area contributed by atoms with Crippen LogP contribution in [0.4, 0.5) is 10.1 Å². The zero-order chi connectivity index (χ0) is 12.3. The van der Waals surface area contributed by atoms with Gasteiger partial charge in [-0.05, 0) is 36.4 Å². The van der Waals surface area contributed by atoms with Crippen LogP contribution in [-0.4, -0.2) is 7.11 Å². The van der Waals surface area contributed by atoms with Crippen LogP contribution in [0.15, 0.2) is 52.3 Å². The fourth-order valence-electron chi connectivity index (χ4n) is 1.41. The number of hydrogen-bond donors (Lipinski definition) is 1. The summed E-state index contributed by atoms with van der Waals surface area (Å²) in [5, 5.41) is 0. The highest BCUT2D eigenvalue weighted by Gasteiger charge is 2.02. The first-order chi connectivity index (χ1) is 8.17. The van der Waals surface area contributed by atoms with Crippen molar-refractivity contribution in [3.8, 4) is 5.75 Å². The van der Waals surface area contributed by atoms with Gasteiger partial charge in [0.15, 0.2) is 0 Å². The van der Waals surface area contributed by atoms with Crippen molar-refractivity contribution >= 4 is 17.4 Å². The molecule has 0 bridgehead atoms. The molecular weight excluding hydrogens is 237 g/mol. The van der Waals surface area contributed by atoms with Crippen molar-refractivity contribution in [1.29, 1.82) is 0 Å². The number of ether oxygens (including phenoxy) is 1. The van der Waals surface area contributed by atoms with Gasteiger partial charge in [0.25, 0.3) is 0 Å². The SMILES string of the molecule is COc1cc(N)cc(Sc2ccc(F)cc2)c1. The molecule has 0 saturated heterocycles. The summed E-state index contributed by atoms with van der Waals surface area (Å²) in [4.78, 5) is 1.92. The molecule has 0 spiro atoms. The summed E-state index contributed by atoms with van der Waals surface area (Å²) in [6.07, 6.45) is 0. The summed E-state index contributed by atoms with van der Waals surface area (Å²) >= 11 is 1.51. The van der Waals surface area contributed by atoms with Crippen molar-refractivity contribution in [3.63, 3.8) is 0 Å². The quantitative estimate of drug-likeness (QED) is 0.845. The van der Waals surface area contributed by atoms with Crippen LogP contribution in [0.3, 0.4) is 0 Å². The molecule has 0 aliphatic rings. The van der Waals surface area contributed by atoms with Crippen molar-refractivity contribution in [2.75, 3.05) is 12.8 Å². The van der Waals surface area contributed by atoms with Crippen molar-refractivity contribution in [2.45, 2.75) is 9.79 Å². The smallest absolute Gasteiger partial charge is 0.123 e. The average molecular weight is 249 g/mol.